The lowest BCUT2D eigenvalue weighted by Gasteiger charge is -2.15. The van der Waals surface area contributed by atoms with Gasteiger partial charge in [-0.1, -0.05) is 26.7 Å². The summed E-state index contributed by atoms with van der Waals surface area (Å²) in [6.07, 6.45) is 8.48. The molecule has 0 fully saturated rings. The number of aromatic nitrogens is 1. The zero-order chi connectivity index (χ0) is 16.9. The van der Waals surface area contributed by atoms with Crippen LogP contribution in [0.15, 0.2) is 24.5 Å². The standard InChI is InChI=1S/C18H28N2O3/c1-3-7-15(8-4-2)14-23-17(21)10-6-12-20-18(22)16-9-5-11-19-13-16/h5,9,11,13,15H,3-4,6-8,10,12,14H2,1-2H3,(H,20,22). The molecule has 0 saturated carbocycles. The fraction of sp³-hybridized carbons (Fsp3) is 0.611. The number of amides is 1. The van der Waals surface area contributed by atoms with Crippen LogP contribution >= 0.6 is 0 Å². The molecule has 0 aliphatic heterocycles. The summed E-state index contributed by atoms with van der Waals surface area (Å²) in [6.45, 7) is 5.27. The maximum absolute atomic E-state index is 11.8. The van der Waals surface area contributed by atoms with Crippen molar-refractivity contribution in [3.8, 4) is 0 Å². The van der Waals surface area contributed by atoms with Gasteiger partial charge in [0.05, 0.1) is 12.2 Å². The molecule has 0 bridgehead atoms. The highest BCUT2D eigenvalue weighted by atomic mass is 16.5. The molecule has 1 amide bonds. The molecule has 1 heterocycles. The van der Waals surface area contributed by atoms with E-state index in [2.05, 4.69) is 24.1 Å². The Hall–Kier alpha value is -1.91. The second-order valence-electron chi connectivity index (χ2n) is 5.73. The average molecular weight is 320 g/mol. The molecule has 0 atom stereocenters. The molecule has 1 aromatic rings. The Bertz CT molecular complexity index is 457. The van der Waals surface area contributed by atoms with Gasteiger partial charge in [0.2, 0.25) is 0 Å². The molecule has 0 saturated heterocycles. The third kappa shape index (κ3) is 8.33. The fourth-order valence-corrected chi connectivity index (χ4v) is 2.44. The van der Waals surface area contributed by atoms with Crippen molar-refractivity contribution in [1.29, 1.82) is 0 Å². The molecule has 0 aromatic carbocycles. The second kappa shape index (κ2) is 11.6. The first-order valence-electron chi connectivity index (χ1n) is 8.51. The molecule has 23 heavy (non-hydrogen) atoms. The summed E-state index contributed by atoms with van der Waals surface area (Å²) in [4.78, 5) is 27.4. The highest BCUT2D eigenvalue weighted by molar-refractivity contribution is 5.93. The number of pyridine rings is 1. The lowest BCUT2D eigenvalue weighted by atomic mass is 9.99. The highest BCUT2D eigenvalue weighted by Gasteiger charge is 2.11. The van der Waals surface area contributed by atoms with Gasteiger partial charge in [-0.25, -0.2) is 0 Å². The van der Waals surface area contributed by atoms with Crippen molar-refractivity contribution in [3.05, 3.63) is 30.1 Å². The Kier molecular flexibility index (Phi) is 9.68. The summed E-state index contributed by atoms with van der Waals surface area (Å²) in [6, 6.07) is 3.42. The molecule has 0 aliphatic carbocycles. The zero-order valence-corrected chi connectivity index (χ0v) is 14.2. The van der Waals surface area contributed by atoms with Crippen LogP contribution in [0.2, 0.25) is 0 Å². The van der Waals surface area contributed by atoms with Gasteiger partial charge in [-0.3, -0.25) is 14.6 Å². The Morgan fingerprint density at radius 1 is 1.26 bits per heavy atom. The quantitative estimate of drug-likeness (QED) is 0.501. The maximum Gasteiger partial charge on any atom is 0.305 e. The minimum atomic E-state index is -0.183. The van der Waals surface area contributed by atoms with Crippen LogP contribution in [0.1, 0.15) is 62.7 Å². The van der Waals surface area contributed by atoms with Crippen LogP contribution < -0.4 is 5.32 Å². The van der Waals surface area contributed by atoms with Gasteiger partial charge in [0.1, 0.15) is 0 Å². The second-order valence-corrected chi connectivity index (χ2v) is 5.73. The van der Waals surface area contributed by atoms with Gasteiger partial charge < -0.3 is 10.1 Å². The van der Waals surface area contributed by atoms with Crippen LogP contribution in [-0.2, 0) is 9.53 Å². The van der Waals surface area contributed by atoms with E-state index in [9.17, 15) is 9.59 Å². The minimum absolute atomic E-state index is 0.169. The van der Waals surface area contributed by atoms with Gasteiger partial charge in [-0.2, -0.15) is 0 Å². The van der Waals surface area contributed by atoms with E-state index in [1.54, 1.807) is 18.3 Å². The van der Waals surface area contributed by atoms with Crippen molar-refractivity contribution < 1.29 is 14.3 Å². The molecule has 1 N–H and O–H groups in total. The topological polar surface area (TPSA) is 68.3 Å². The van der Waals surface area contributed by atoms with Crippen LogP contribution in [0.3, 0.4) is 0 Å². The van der Waals surface area contributed by atoms with Gasteiger partial charge in [0, 0.05) is 25.4 Å². The predicted molar refractivity (Wildman–Crippen MR) is 90.1 cm³/mol. The molecule has 0 unspecified atom stereocenters. The molecule has 5 nitrogen and oxygen atoms in total. The van der Waals surface area contributed by atoms with E-state index in [4.69, 9.17) is 4.74 Å². The molecule has 1 aromatic heterocycles. The molecule has 0 radical (unpaired) electrons. The molecular formula is C18H28N2O3. The monoisotopic (exact) mass is 320 g/mol. The average Bonchev–Trinajstić information content (AvgIpc) is 2.57. The van der Waals surface area contributed by atoms with E-state index >= 15 is 0 Å². The van der Waals surface area contributed by atoms with Crippen LogP contribution in [-0.4, -0.2) is 30.0 Å². The van der Waals surface area contributed by atoms with E-state index in [1.165, 1.54) is 6.20 Å². The van der Waals surface area contributed by atoms with Crippen LogP contribution in [0.5, 0.6) is 0 Å². The third-order valence-electron chi connectivity index (χ3n) is 3.64. The summed E-state index contributed by atoms with van der Waals surface area (Å²) < 4.78 is 5.34. The Morgan fingerprint density at radius 3 is 2.61 bits per heavy atom. The van der Waals surface area contributed by atoms with Crippen molar-refractivity contribution >= 4 is 11.9 Å². The SMILES string of the molecule is CCCC(CCC)COC(=O)CCCNC(=O)c1cccnc1. The van der Waals surface area contributed by atoms with E-state index in [-0.39, 0.29) is 11.9 Å². The highest BCUT2D eigenvalue weighted by Crippen LogP contribution is 2.14. The van der Waals surface area contributed by atoms with Gasteiger partial charge in [0.15, 0.2) is 0 Å². The number of nitrogens with zero attached hydrogens (tertiary/aromatic N) is 1. The van der Waals surface area contributed by atoms with Gasteiger partial charge >= 0.3 is 5.97 Å². The van der Waals surface area contributed by atoms with Crippen molar-refractivity contribution in [2.45, 2.75) is 52.4 Å². The van der Waals surface area contributed by atoms with Crippen molar-refractivity contribution in [2.24, 2.45) is 5.92 Å². The van der Waals surface area contributed by atoms with Gasteiger partial charge in [0.25, 0.3) is 5.91 Å². The van der Waals surface area contributed by atoms with E-state index in [0.29, 0.717) is 37.5 Å². The number of esters is 1. The Morgan fingerprint density at radius 2 is 2.00 bits per heavy atom. The first kappa shape index (κ1) is 19.1. The fourth-order valence-electron chi connectivity index (χ4n) is 2.44. The largest absolute Gasteiger partial charge is 0.465 e. The van der Waals surface area contributed by atoms with Crippen LogP contribution in [0.4, 0.5) is 0 Å². The number of nitrogens with one attached hydrogen (secondary N) is 1. The van der Waals surface area contributed by atoms with E-state index in [1.807, 2.05) is 0 Å². The molecular weight excluding hydrogens is 292 g/mol. The smallest absolute Gasteiger partial charge is 0.305 e. The first-order valence-corrected chi connectivity index (χ1v) is 8.51. The summed E-state index contributed by atoms with van der Waals surface area (Å²) in [5.41, 5.74) is 0.525. The molecule has 1 rings (SSSR count). The maximum atomic E-state index is 11.8. The normalized spacial score (nSPS) is 10.6. The number of carbonyl (C=O) groups is 2. The number of rotatable bonds is 11. The van der Waals surface area contributed by atoms with Crippen molar-refractivity contribution in [1.82, 2.24) is 10.3 Å². The third-order valence-corrected chi connectivity index (χ3v) is 3.64. The predicted octanol–water partition coefficient (Wildman–Crippen LogP) is 3.35. The van der Waals surface area contributed by atoms with E-state index < -0.39 is 0 Å². The lowest BCUT2D eigenvalue weighted by Crippen LogP contribution is -2.25. The van der Waals surface area contributed by atoms with Gasteiger partial charge in [-0.05, 0) is 37.3 Å². The summed E-state index contributed by atoms with van der Waals surface area (Å²) in [5, 5.41) is 2.77. The number of hydrogen-bond acceptors (Lipinski definition) is 4. The summed E-state index contributed by atoms with van der Waals surface area (Å²) in [7, 11) is 0. The number of ether oxygens (including phenoxy) is 1. The molecule has 0 spiro atoms. The number of carbonyl (C=O) groups excluding carboxylic acids is 2. The van der Waals surface area contributed by atoms with Crippen LogP contribution in [0.25, 0.3) is 0 Å². The van der Waals surface area contributed by atoms with Gasteiger partial charge in [-0.15, -0.1) is 0 Å². The summed E-state index contributed by atoms with van der Waals surface area (Å²) >= 11 is 0. The number of hydrogen-bond donors (Lipinski definition) is 1. The van der Waals surface area contributed by atoms with Crippen LogP contribution in [0, 0.1) is 5.92 Å². The van der Waals surface area contributed by atoms with Crippen molar-refractivity contribution in [2.75, 3.05) is 13.2 Å². The molecule has 5 heteroatoms. The van der Waals surface area contributed by atoms with E-state index in [0.717, 1.165) is 25.7 Å². The molecule has 0 aliphatic rings. The zero-order valence-electron chi connectivity index (χ0n) is 14.2. The minimum Gasteiger partial charge on any atom is -0.465 e. The summed E-state index contributed by atoms with van der Waals surface area (Å²) in [5.74, 6) is 0.120. The van der Waals surface area contributed by atoms with Crippen molar-refractivity contribution in [3.63, 3.8) is 0 Å². The Balaban J connectivity index is 2.15. The first-order chi connectivity index (χ1) is 11.2. The lowest BCUT2D eigenvalue weighted by molar-refractivity contribution is -0.145. The Labute approximate surface area is 138 Å². The molecule has 128 valence electrons.